The fourth-order valence-corrected chi connectivity index (χ4v) is 4.23. The average molecular weight is 441 g/mol. The maximum absolute atomic E-state index is 14.1. The number of rotatable bonds is 7. The molecule has 0 aliphatic rings. The minimum atomic E-state index is -1.41. The van der Waals surface area contributed by atoms with Crippen molar-refractivity contribution in [1.82, 2.24) is 15.2 Å². The molecule has 2 rings (SSSR count). The van der Waals surface area contributed by atoms with Gasteiger partial charge in [-0.15, -0.1) is 0 Å². The Balaban J connectivity index is 2.01. The molecule has 1 heterocycles. The Labute approximate surface area is 176 Å². The molecule has 10 heteroatoms. The van der Waals surface area contributed by atoms with Gasteiger partial charge in [0.05, 0.1) is 32.8 Å². The molecule has 0 aliphatic carbocycles. The van der Waals surface area contributed by atoms with Crippen LogP contribution in [0.3, 0.4) is 0 Å². The van der Waals surface area contributed by atoms with Gasteiger partial charge in [0.1, 0.15) is 5.82 Å². The van der Waals surface area contributed by atoms with Gasteiger partial charge in [-0.2, -0.15) is 0 Å². The number of hydrogen-bond donors (Lipinski definition) is 2. The van der Waals surface area contributed by atoms with Gasteiger partial charge in [-0.3, -0.25) is 14.3 Å². The number of amides is 3. The topological polar surface area (TPSA) is 91.4 Å². The van der Waals surface area contributed by atoms with Crippen LogP contribution in [0.15, 0.2) is 23.1 Å². The van der Waals surface area contributed by atoms with Gasteiger partial charge in [0.2, 0.25) is 5.91 Å². The highest BCUT2D eigenvalue weighted by atomic mass is 32.2. The highest BCUT2D eigenvalue weighted by Gasteiger charge is 2.16. The number of benzene rings is 1. The third-order valence-corrected chi connectivity index (χ3v) is 6.06. The quantitative estimate of drug-likeness (QED) is 0.692. The van der Waals surface area contributed by atoms with E-state index in [4.69, 9.17) is 0 Å². The maximum Gasteiger partial charge on any atom is 0.321 e. The van der Waals surface area contributed by atoms with Crippen LogP contribution in [0, 0.1) is 18.7 Å². The summed E-state index contributed by atoms with van der Waals surface area (Å²) < 4.78 is 25.6. The fourth-order valence-electron chi connectivity index (χ4n) is 2.67. The summed E-state index contributed by atoms with van der Waals surface area (Å²) in [5.74, 6) is -0.396. The van der Waals surface area contributed by atoms with Gasteiger partial charge in [0.25, 0.3) is 0 Å². The maximum atomic E-state index is 14.1. The third-order valence-electron chi connectivity index (χ3n) is 3.99. The second-order valence-corrected chi connectivity index (χ2v) is 9.36. The van der Waals surface area contributed by atoms with Gasteiger partial charge in [-0.1, -0.05) is 31.3 Å². The molecule has 29 heavy (non-hydrogen) atoms. The van der Waals surface area contributed by atoms with E-state index in [2.05, 4.69) is 15.6 Å². The summed E-state index contributed by atoms with van der Waals surface area (Å²) in [6.45, 7) is 6.26. The molecule has 0 fully saturated rings. The van der Waals surface area contributed by atoms with Crippen molar-refractivity contribution in [1.29, 1.82) is 0 Å². The number of thiazole rings is 1. The Kier molecular flexibility index (Phi) is 7.86. The Morgan fingerprint density at radius 3 is 2.62 bits per heavy atom. The molecule has 0 aliphatic heterocycles. The lowest BCUT2D eigenvalue weighted by molar-refractivity contribution is -0.129. The van der Waals surface area contributed by atoms with Crippen molar-refractivity contribution < 1.29 is 18.2 Å². The molecular formula is C19H25FN4O3S2. The predicted octanol–water partition coefficient (Wildman–Crippen LogP) is 3.23. The molecule has 0 bridgehead atoms. The van der Waals surface area contributed by atoms with Crippen LogP contribution in [0.5, 0.6) is 0 Å². The zero-order valence-corrected chi connectivity index (χ0v) is 18.7. The lowest BCUT2D eigenvalue weighted by Crippen LogP contribution is -2.41. The Morgan fingerprint density at radius 2 is 2.03 bits per heavy atom. The predicted molar refractivity (Wildman–Crippen MR) is 114 cm³/mol. The van der Waals surface area contributed by atoms with Crippen molar-refractivity contribution in [2.24, 2.45) is 5.92 Å². The van der Waals surface area contributed by atoms with E-state index in [9.17, 15) is 18.2 Å². The Bertz CT molecular complexity index is 930. The summed E-state index contributed by atoms with van der Waals surface area (Å²) in [6.07, 6.45) is 1.42. The van der Waals surface area contributed by atoms with Crippen molar-refractivity contribution in [2.75, 3.05) is 31.7 Å². The molecule has 0 spiro atoms. The molecule has 1 aromatic carbocycles. The SMILES string of the molecule is Cc1nc(NC(=O)NCC(=O)N(C)CC(C)C)sc1-c1ccc(S(C)=O)c(F)c1. The highest BCUT2D eigenvalue weighted by molar-refractivity contribution is 7.84. The number of aryl methyl sites for hydroxylation is 1. The number of nitrogens with zero attached hydrogens (tertiary/aromatic N) is 2. The summed E-state index contributed by atoms with van der Waals surface area (Å²) in [6, 6.07) is 3.93. The number of aromatic nitrogens is 1. The average Bonchev–Trinajstić information content (AvgIpc) is 2.98. The van der Waals surface area contributed by atoms with Gasteiger partial charge < -0.3 is 10.2 Å². The molecule has 1 unspecified atom stereocenters. The van der Waals surface area contributed by atoms with Crippen LogP contribution in [-0.2, 0) is 15.6 Å². The zero-order valence-electron chi connectivity index (χ0n) is 17.0. The molecule has 0 saturated carbocycles. The summed E-state index contributed by atoms with van der Waals surface area (Å²) in [5.41, 5.74) is 1.22. The van der Waals surface area contributed by atoms with Crippen LogP contribution in [0.25, 0.3) is 10.4 Å². The smallest absolute Gasteiger partial charge is 0.321 e. The zero-order chi connectivity index (χ0) is 21.7. The van der Waals surface area contributed by atoms with Crippen LogP contribution in [0.1, 0.15) is 19.5 Å². The van der Waals surface area contributed by atoms with Crippen molar-refractivity contribution in [3.8, 4) is 10.4 Å². The van der Waals surface area contributed by atoms with E-state index >= 15 is 0 Å². The van der Waals surface area contributed by atoms with E-state index in [-0.39, 0.29) is 17.3 Å². The summed E-state index contributed by atoms with van der Waals surface area (Å²) >= 11 is 1.19. The normalized spacial score (nSPS) is 12.0. The van der Waals surface area contributed by atoms with Crippen molar-refractivity contribution in [3.63, 3.8) is 0 Å². The second kappa shape index (κ2) is 9.93. The number of urea groups is 1. The first-order valence-electron chi connectivity index (χ1n) is 8.98. The summed E-state index contributed by atoms with van der Waals surface area (Å²) in [5, 5.41) is 5.45. The van der Waals surface area contributed by atoms with Crippen LogP contribution in [0.2, 0.25) is 0 Å². The van der Waals surface area contributed by atoms with Crippen LogP contribution < -0.4 is 10.6 Å². The van der Waals surface area contributed by atoms with E-state index < -0.39 is 22.6 Å². The highest BCUT2D eigenvalue weighted by Crippen LogP contribution is 2.33. The van der Waals surface area contributed by atoms with E-state index in [1.807, 2.05) is 13.8 Å². The summed E-state index contributed by atoms with van der Waals surface area (Å²) in [4.78, 5) is 30.8. The molecule has 1 aromatic heterocycles. The number of halogens is 1. The van der Waals surface area contributed by atoms with Crippen molar-refractivity contribution >= 4 is 39.2 Å². The molecular weight excluding hydrogens is 415 g/mol. The van der Waals surface area contributed by atoms with Crippen molar-refractivity contribution in [2.45, 2.75) is 25.7 Å². The number of carbonyl (C=O) groups excluding carboxylic acids is 2. The molecule has 7 nitrogen and oxygen atoms in total. The standard InChI is InChI=1S/C19H25FN4O3S2/c1-11(2)10-24(4)16(25)9-21-18(26)23-19-22-12(3)17(28-19)13-6-7-15(29(5)27)14(20)8-13/h6-8,11H,9-10H2,1-5H3,(H2,21,22,23,26). The van der Waals surface area contributed by atoms with Crippen LogP contribution in [-0.4, -0.2) is 52.4 Å². The van der Waals surface area contributed by atoms with Gasteiger partial charge in [-0.05, 0) is 30.5 Å². The minimum absolute atomic E-state index is 0.118. The fraction of sp³-hybridized carbons (Fsp3) is 0.421. The number of nitrogens with one attached hydrogen (secondary N) is 2. The lowest BCUT2D eigenvalue weighted by atomic mass is 10.1. The van der Waals surface area contributed by atoms with E-state index in [0.717, 1.165) is 0 Å². The molecule has 0 radical (unpaired) electrons. The molecule has 0 saturated heterocycles. The van der Waals surface area contributed by atoms with E-state index in [1.165, 1.54) is 29.7 Å². The molecule has 2 aromatic rings. The van der Waals surface area contributed by atoms with Gasteiger partial charge in [0, 0.05) is 19.8 Å². The van der Waals surface area contributed by atoms with Crippen molar-refractivity contribution in [3.05, 3.63) is 29.7 Å². The Hall–Kier alpha value is -2.33. The summed E-state index contributed by atoms with van der Waals surface area (Å²) in [7, 11) is 0.281. The monoisotopic (exact) mass is 440 g/mol. The van der Waals surface area contributed by atoms with E-state index in [1.54, 1.807) is 24.9 Å². The number of anilines is 1. The number of likely N-dealkylation sites (N-methyl/N-ethyl adjacent to an activating group) is 1. The number of hydrogen-bond acceptors (Lipinski definition) is 5. The van der Waals surface area contributed by atoms with Gasteiger partial charge >= 0.3 is 6.03 Å². The van der Waals surface area contributed by atoms with Gasteiger partial charge in [0.15, 0.2) is 5.13 Å². The number of carbonyl (C=O) groups is 2. The first-order chi connectivity index (χ1) is 13.6. The largest absolute Gasteiger partial charge is 0.344 e. The third kappa shape index (κ3) is 6.33. The molecule has 2 N–H and O–H groups in total. The molecule has 158 valence electrons. The van der Waals surface area contributed by atoms with E-state index in [0.29, 0.717) is 33.7 Å². The first-order valence-corrected chi connectivity index (χ1v) is 11.4. The Morgan fingerprint density at radius 1 is 1.34 bits per heavy atom. The van der Waals surface area contributed by atoms with Crippen LogP contribution in [0.4, 0.5) is 14.3 Å². The first kappa shape index (κ1) is 23.0. The van der Waals surface area contributed by atoms with Crippen LogP contribution >= 0.6 is 11.3 Å². The van der Waals surface area contributed by atoms with Gasteiger partial charge in [-0.25, -0.2) is 14.2 Å². The lowest BCUT2D eigenvalue weighted by Gasteiger charge is -2.19. The minimum Gasteiger partial charge on any atom is -0.344 e. The molecule has 1 atom stereocenters. The molecule has 3 amide bonds. The second-order valence-electron chi connectivity index (χ2n) is 7.01.